The topological polar surface area (TPSA) is 103 Å². The highest BCUT2D eigenvalue weighted by Gasteiger charge is 2.31. The number of aliphatic hydroxyl groups excluding tert-OH is 1. The van der Waals surface area contributed by atoms with E-state index in [1.807, 2.05) is 0 Å². The van der Waals surface area contributed by atoms with Gasteiger partial charge in [-0.05, 0) is 43.7 Å². The van der Waals surface area contributed by atoms with Crippen molar-refractivity contribution in [3.05, 3.63) is 18.1 Å². The zero-order chi connectivity index (χ0) is 14.1. The molecule has 6 heteroatoms. The number of hydrogen-bond donors (Lipinski definition) is 3. The van der Waals surface area contributed by atoms with Crippen molar-refractivity contribution >= 4 is 16.9 Å². The molecule has 2 aromatic rings. The predicted molar refractivity (Wildman–Crippen MR) is 78.2 cm³/mol. The molecule has 0 aromatic carbocycles. The molecular weight excluding hydrogens is 254 g/mol. The first-order chi connectivity index (χ1) is 9.74. The van der Waals surface area contributed by atoms with E-state index < -0.39 is 0 Å². The first kappa shape index (κ1) is 13.3. The van der Waals surface area contributed by atoms with Gasteiger partial charge in [-0.1, -0.05) is 0 Å². The van der Waals surface area contributed by atoms with Gasteiger partial charge in [-0.25, -0.2) is 9.97 Å². The van der Waals surface area contributed by atoms with Crippen LogP contribution in [0.3, 0.4) is 0 Å². The van der Waals surface area contributed by atoms with Crippen LogP contribution in [0.4, 0.5) is 5.82 Å². The Morgan fingerprint density at radius 3 is 2.85 bits per heavy atom. The standard InChI is InChI=1S/C14H21N5O/c15-6-9-4-11(5-9)19-7-10(2-1-3-20)12-13(16)17-8-18-14(12)19/h7-9,11,20H,1-6,15H2,(H2,16,17,18). The number of aromatic nitrogens is 3. The lowest BCUT2D eigenvalue weighted by Gasteiger charge is -2.35. The lowest BCUT2D eigenvalue weighted by molar-refractivity contribution is 0.208. The molecular formula is C14H21N5O. The largest absolute Gasteiger partial charge is 0.396 e. The van der Waals surface area contributed by atoms with Crippen LogP contribution in [0, 0.1) is 5.92 Å². The van der Waals surface area contributed by atoms with Crippen molar-refractivity contribution in [2.24, 2.45) is 11.7 Å². The molecule has 1 saturated carbocycles. The van der Waals surface area contributed by atoms with E-state index in [2.05, 4.69) is 20.7 Å². The molecule has 5 N–H and O–H groups in total. The van der Waals surface area contributed by atoms with Gasteiger partial charge in [0.25, 0.3) is 0 Å². The smallest absolute Gasteiger partial charge is 0.146 e. The second-order valence-electron chi connectivity index (χ2n) is 5.57. The third-order valence-corrected chi connectivity index (χ3v) is 4.26. The third-order valence-electron chi connectivity index (χ3n) is 4.26. The number of anilines is 1. The molecule has 0 bridgehead atoms. The average Bonchev–Trinajstić information content (AvgIpc) is 2.76. The minimum atomic E-state index is 0.180. The van der Waals surface area contributed by atoms with E-state index in [0.29, 0.717) is 17.8 Å². The summed E-state index contributed by atoms with van der Waals surface area (Å²) in [6, 6.07) is 0.461. The van der Waals surface area contributed by atoms with Gasteiger partial charge in [-0.15, -0.1) is 0 Å². The molecule has 0 atom stereocenters. The van der Waals surface area contributed by atoms with Crippen molar-refractivity contribution < 1.29 is 5.11 Å². The van der Waals surface area contributed by atoms with E-state index in [1.54, 1.807) is 0 Å². The van der Waals surface area contributed by atoms with Gasteiger partial charge < -0.3 is 21.1 Å². The Kier molecular flexibility index (Phi) is 3.58. The quantitative estimate of drug-likeness (QED) is 0.750. The van der Waals surface area contributed by atoms with Gasteiger partial charge in [0.2, 0.25) is 0 Å². The fourth-order valence-corrected chi connectivity index (χ4v) is 3.04. The van der Waals surface area contributed by atoms with Crippen LogP contribution in [-0.4, -0.2) is 32.8 Å². The molecule has 20 heavy (non-hydrogen) atoms. The number of hydrogen-bond acceptors (Lipinski definition) is 5. The highest BCUT2D eigenvalue weighted by Crippen LogP contribution is 2.40. The monoisotopic (exact) mass is 275 g/mol. The van der Waals surface area contributed by atoms with Gasteiger partial charge in [-0.3, -0.25) is 0 Å². The Morgan fingerprint density at radius 1 is 1.35 bits per heavy atom. The molecule has 2 aromatic heterocycles. The third kappa shape index (κ3) is 2.14. The Labute approximate surface area is 117 Å². The lowest BCUT2D eigenvalue weighted by Crippen LogP contribution is -2.31. The summed E-state index contributed by atoms with van der Waals surface area (Å²) in [4.78, 5) is 8.50. The summed E-state index contributed by atoms with van der Waals surface area (Å²) in [7, 11) is 0. The van der Waals surface area contributed by atoms with Crippen molar-refractivity contribution in [2.75, 3.05) is 18.9 Å². The van der Waals surface area contributed by atoms with E-state index >= 15 is 0 Å². The average molecular weight is 275 g/mol. The Hall–Kier alpha value is -1.66. The van der Waals surface area contributed by atoms with Crippen LogP contribution in [0.2, 0.25) is 0 Å². The van der Waals surface area contributed by atoms with E-state index in [0.717, 1.165) is 48.8 Å². The van der Waals surface area contributed by atoms with Crippen molar-refractivity contribution in [1.82, 2.24) is 14.5 Å². The second-order valence-corrected chi connectivity index (χ2v) is 5.57. The molecule has 1 aliphatic rings. The number of rotatable bonds is 5. The van der Waals surface area contributed by atoms with Gasteiger partial charge in [0.05, 0.1) is 5.39 Å². The van der Waals surface area contributed by atoms with Crippen LogP contribution in [0.5, 0.6) is 0 Å². The Bertz CT molecular complexity index is 603. The molecule has 0 radical (unpaired) electrons. The summed E-state index contributed by atoms with van der Waals surface area (Å²) in [5, 5.41) is 9.97. The first-order valence-corrected chi connectivity index (χ1v) is 7.15. The van der Waals surface area contributed by atoms with Crippen molar-refractivity contribution in [1.29, 1.82) is 0 Å². The zero-order valence-corrected chi connectivity index (χ0v) is 11.5. The highest BCUT2D eigenvalue weighted by atomic mass is 16.2. The number of fused-ring (bicyclic) bond motifs is 1. The normalized spacial score (nSPS) is 22.1. The maximum atomic E-state index is 9.03. The van der Waals surface area contributed by atoms with Crippen LogP contribution >= 0.6 is 0 Å². The van der Waals surface area contributed by atoms with E-state index in [4.69, 9.17) is 16.6 Å². The summed E-state index contributed by atoms with van der Waals surface area (Å²) < 4.78 is 2.21. The molecule has 1 aliphatic carbocycles. The molecule has 108 valence electrons. The summed E-state index contributed by atoms with van der Waals surface area (Å²) >= 11 is 0. The highest BCUT2D eigenvalue weighted by molar-refractivity contribution is 5.89. The molecule has 0 aliphatic heterocycles. The fourth-order valence-electron chi connectivity index (χ4n) is 3.04. The van der Waals surface area contributed by atoms with Crippen LogP contribution in [-0.2, 0) is 6.42 Å². The number of nitrogens with zero attached hydrogens (tertiary/aromatic N) is 3. The molecule has 6 nitrogen and oxygen atoms in total. The summed E-state index contributed by atoms with van der Waals surface area (Å²) in [5.41, 5.74) is 13.7. The van der Waals surface area contributed by atoms with Crippen molar-refractivity contribution in [2.45, 2.75) is 31.7 Å². The van der Waals surface area contributed by atoms with E-state index in [9.17, 15) is 0 Å². The zero-order valence-electron chi connectivity index (χ0n) is 11.5. The van der Waals surface area contributed by atoms with Gasteiger partial charge in [0.1, 0.15) is 17.8 Å². The van der Waals surface area contributed by atoms with Gasteiger partial charge in [0, 0.05) is 18.8 Å². The summed E-state index contributed by atoms with van der Waals surface area (Å²) in [6.45, 7) is 0.934. The van der Waals surface area contributed by atoms with Crippen LogP contribution in [0.15, 0.2) is 12.5 Å². The number of aliphatic hydroxyl groups is 1. The predicted octanol–water partition coefficient (Wildman–Crippen LogP) is 0.848. The fraction of sp³-hybridized carbons (Fsp3) is 0.571. The first-order valence-electron chi connectivity index (χ1n) is 7.15. The number of aryl methyl sites for hydroxylation is 1. The number of nitrogen functional groups attached to an aromatic ring is 1. The van der Waals surface area contributed by atoms with Gasteiger partial charge in [0.15, 0.2) is 0 Å². The summed E-state index contributed by atoms with van der Waals surface area (Å²) in [5.74, 6) is 1.15. The van der Waals surface area contributed by atoms with Crippen LogP contribution < -0.4 is 11.5 Å². The van der Waals surface area contributed by atoms with E-state index in [-0.39, 0.29) is 6.61 Å². The van der Waals surface area contributed by atoms with Crippen LogP contribution in [0.25, 0.3) is 11.0 Å². The summed E-state index contributed by atoms with van der Waals surface area (Å²) in [6.07, 6.45) is 7.37. The lowest BCUT2D eigenvalue weighted by atomic mass is 9.80. The van der Waals surface area contributed by atoms with Crippen LogP contribution in [0.1, 0.15) is 30.9 Å². The van der Waals surface area contributed by atoms with Crippen molar-refractivity contribution in [3.63, 3.8) is 0 Å². The molecule has 3 rings (SSSR count). The minimum Gasteiger partial charge on any atom is -0.396 e. The minimum absolute atomic E-state index is 0.180. The molecule has 1 fully saturated rings. The van der Waals surface area contributed by atoms with Crippen molar-refractivity contribution in [3.8, 4) is 0 Å². The SMILES string of the molecule is NCC1CC(n2cc(CCCO)c3c(N)ncnc32)C1. The maximum absolute atomic E-state index is 9.03. The molecule has 0 spiro atoms. The molecule has 0 saturated heterocycles. The molecule has 0 amide bonds. The Morgan fingerprint density at radius 2 is 2.15 bits per heavy atom. The second kappa shape index (κ2) is 5.38. The van der Waals surface area contributed by atoms with E-state index in [1.165, 1.54) is 6.33 Å². The van der Waals surface area contributed by atoms with Gasteiger partial charge >= 0.3 is 0 Å². The number of nitrogens with two attached hydrogens (primary N) is 2. The maximum Gasteiger partial charge on any atom is 0.146 e. The Balaban J connectivity index is 1.98. The molecule has 2 heterocycles. The molecule has 0 unspecified atom stereocenters. The van der Waals surface area contributed by atoms with Gasteiger partial charge in [-0.2, -0.15) is 0 Å².